The lowest BCUT2D eigenvalue weighted by atomic mass is 9.77. The Morgan fingerprint density at radius 1 is 0.796 bits per heavy atom. The standard InChI is InChI=1S/C37H40N2O8S2/c1-36(2)20-27(48-26(33(41)45-4)19-29(40)44-3)30-28(21-36)49-32(35(43)47-6)31(34(42)46-5)37(30)38(22-24-13-9-7-10-14-24)17-18-39(37)23-25-15-11-8-12-16-25/h7-16,19-20H,17-18,21-23H2,1-6H3/b26-19+. The zero-order valence-corrected chi connectivity index (χ0v) is 30.1. The fraction of sp³-hybridized carbons (Fsp3) is 0.351. The average molecular weight is 705 g/mol. The van der Waals surface area contributed by atoms with Gasteiger partial charge in [-0.2, -0.15) is 0 Å². The molecule has 0 bridgehead atoms. The Labute approximate surface area is 295 Å². The second-order valence-corrected chi connectivity index (χ2v) is 14.6. The van der Waals surface area contributed by atoms with Crippen molar-refractivity contribution in [3.8, 4) is 0 Å². The van der Waals surface area contributed by atoms with Gasteiger partial charge in [-0.05, 0) is 27.9 Å². The molecule has 258 valence electrons. The number of methoxy groups -OCH3 is 4. The van der Waals surface area contributed by atoms with Crippen molar-refractivity contribution in [2.24, 2.45) is 5.41 Å². The molecule has 0 aromatic heterocycles. The van der Waals surface area contributed by atoms with Crippen molar-refractivity contribution < 1.29 is 38.1 Å². The van der Waals surface area contributed by atoms with Crippen LogP contribution < -0.4 is 0 Å². The summed E-state index contributed by atoms with van der Waals surface area (Å²) < 4.78 is 20.8. The van der Waals surface area contributed by atoms with E-state index >= 15 is 0 Å². The number of thioether (sulfide) groups is 2. The third kappa shape index (κ3) is 7.28. The molecule has 1 fully saturated rings. The van der Waals surface area contributed by atoms with Crippen molar-refractivity contribution in [3.05, 3.63) is 115 Å². The maximum absolute atomic E-state index is 14.3. The predicted octanol–water partition coefficient (Wildman–Crippen LogP) is 5.58. The van der Waals surface area contributed by atoms with Gasteiger partial charge in [0.15, 0.2) is 0 Å². The minimum Gasteiger partial charge on any atom is -0.466 e. The fourth-order valence-electron chi connectivity index (χ4n) is 6.59. The van der Waals surface area contributed by atoms with Crippen molar-refractivity contribution >= 4 is 47.4 Å². The molecule has 0 amide bonds. The molecule has 0 N–H and O–H groups in total. The maximum atomic E-state index is 14.3. The number of hydrogen-bond donors (Lipinski definition) is 0. The summed E-state index contributed by atoms with van der Waals surface area (Å²) in [4.78, 5) is 59.7. The molecule has 0 radical (unpaired) electrons. The van der Waals surface area contributed by atoms with Crippen LogP contribution in [0.4, 0.5) is 0 Å². The summed E-state index contributed by atoms with van der Waals surface area (Å²) >= 11 is 2.27. The van der Waals surface area contributed by atoms with Crippen molar-refractivity contribution in [1.29, 1.82) is 0 Å². The molecule has 49 heavy (non-hydrogen) atoms. The Bertz CT molecular complexity index is 1700. The van der Waals surface area contributed by atoms with Crippen LogP contribution in [-0.2, 0) is 51.2 Å². The Morgan fingerprint density at radius 3 is 1.84 bits per heavy atom. The van der Waals surface area contributed by atoms with Crippen LogP contribution in [0.15, 0.2) is 104 Å². The van der Waals surface area contributed by atoms with E-state index < -0.39 is 35.0 Å². The van der Waals surface area contributed by atoms with E-state index in [9.17, 15) is 19.2 Å². The lowest BCUT2D eigenvalue weighted by molar-refractivity contribution is -0.141. The lowest BCUT2D eigenvalue weighted by Gasteiger charge is -2.51. The molecule has 1 spiro atoms. The number of fused-ring (bicyclic) bond motifs is 1. The molecular formula is C37H40N2O8S2. The van der Waals surface area contributed by atoms with Gasteiger partial charge in [0.25, 0.3) is 0 Å². The first-order valence-electron chi connectivity index (χ1n) is 15.7. The van der Waals surface area contributed by atoms with Crippen LogP contribution in [0.2, 0.25) is 0 Å². The number of hydrogen-bond acceptors (Lipinski definition) is 12. The summed E-state index contributed by atoms with van der Waals surface area (Å²) in [6.45, 7) is 6.02. The highest BCUT2D eigenvalue weighted by Crippen LogP contribution is 2.61. The molecular weight excluding hydrogens is 665 g/mol. The fourth-order valence-corrected chi connectivity index (χ4v) is 9.50. The second-order valence-electron chi connectivity index (χ2n) is 12.4. The van der Waals surface area contributed by atoms with Gasteiger partial charge >= 0.3 is 23.9 Å². The normalized spacial score (nSPS) is 18.9. The molecule has 0 saturated carbocycles. The van der Waals surface area contributed by atoms with Gasteiger partial charge < -0.3 is 18.9 Å². The zero-order valence-electron chi connectivity index (χ0n) is 28.4. The first kappa shape index (κ1) is 36.2. The monoisotopic (exact) mass is 704 g/mol. The highest BCUT2D eigenvalue weighted by atomic mass is 32.2. The first-order valence-corrected chi connectivity index (χ1v) is 17.3. The number of carbonyl (C=O) groups is 4. The Morgan fingerprint density at radius 2 is 1.35 bits per heavy atom. The molecule has 2 aromatic rings. The summed E-state index contributed by atoms with van der Waals surface area (Å²) in [6.07, 6.45) is 3.70. The lowest BCUT2D eigenvalue weighted by Crippen LogP contribution is -2.60. The second kappa shape index (κ2) is 15.2. The first-order chi connectivity index (χ1) is 23.5. The number of rotatable bonds is 10. The number of esters is 4. The molecule has 2 aromatic carbocycles. The van der Waals surface area contributed by atoms with Crippen LogP contribution in [0.1, 0.15) is 31.4 Å². The summed E-state index contributed by atoms with van der Waals surface area (Å²) in [6, 6.07) is 19.8. The van der Waals surface area contributed by atoms with Gasteiger partial charge in [0.05, 0.1) is 34.0 Å². The van der Waals surface area contributed by atoms with Gasteiger partial charge in [0, 0.05) is 42.7 Å². The molecule has 1 saturated heterocycles. The van der Waals surface area contributed by atoms with Crippen LogP contribution in [0.25, 0.3) is 0 Å². The Balaban J connectivity index is 1.85. The molecule has 3 aliphatic rings. The van der Waals surface area contributed by atoms with Gasteiger partial charge in [-0.15, -0.1) is 0 Å². The van der Waals surface area contributed by atoms with Crippen molar-refractivity contribution in [2.45, 2.75) is 39.0 Å². The van der Waals surface area contributed by atoms with E-state index in [1.807, 2.05) is 60.7 Å². The predicted molar refractivity (Wildman–Crippen MR) is 188 cm³/mol. The molecule has 2 aliphatic heterocycles. The number of allylic oxidation sites excluding steroid dienone is 2. The van der Waals surface area contributed by atoms with E-state index in [0.29, 0.717) is 37.5 Å². The SMILES string of the molecule is COC(=O)/C=C(/SC1=CC(C)(C)CC2=C1C1(C(C(=O)OC)=C(C(=O)OC)S2)N(Cc2ccccc2)CCN1Cc1ccccc1)C(=O)OC. The van der Waals surface area contributed by atoms with Crippen LogP contribution in [0.3, 0.4) is 0 Å². The average Bonchev–Trinajstić information content (AvgIpc) is 3.42. The van der Waals surface area contributed by atoms with E-state index in [4.69, 9.17) is 18.9 Å². The van der Waals surface area contributed by atoms with Crippen LogP contribution in [-0.4, -0.2) is 80.9 Å². The Hall–Kier alpha value is -4.10. The quantitative estimate of drug-likeness (QED) is 0.175. The van der Waals surface area contributed by atoms with Crippen molar-refractivity contribution in [2.75, 3.05) is 41.5 Å². The smallest absolute Gasteiger partial charge is 0.345 e. The largest absolute Gasteiger partial charge is 0.466 e. The minimum absolute atomic E-state index is 0.00915. The maximum Gasteiger partial charge on any atom is 0.345 e. The van der Waals surface area contributed by atoms with Gasteiger partial charge in [-0.25, -0.2) is 19.2 Å². The molecule has 0 unspecified atom stereocenters. The number of nitrogens with zero attached hydrogens (tertiary/aromatic N) is 2. The van der Waals surface area contributed by atoms with E-state index in [2.05, 4.69) is 29.7 Å². The van der Waals surface area contributed by atoms with E-state index in [-0.39, 0.29) is 15.4 Å². The number of benzene rings is 2. The minimum atomic E-state index is -1.36. The molecule has 2 heterocycles. The third-order valence-corrected chi connectivity index (χ3v) is 10.8. The topological polar surface area (TPSA) is 112 Å². The number of ether oxygens (including phenoxy) is 4. The van der Waals surface area contributed by atoms with E-state index in [0.717, 1.165) is 39.4 Å². The third-order valence-electron chi connectivity index (χ3n) is 8.62. The van der Waals surface area contributed by atoms with Gasteiger partial charge in [0.2, 0.25) is 0 Å². The number of carbonyl (C=O) groups excluding carboxylic acids is 4. The van der Waals surface area contributed by atoms with Gasteiger partial charge in [-0.3, -0.25) is 9.80 Å². The van der Waals surface area contributed by atoms with E-state index in [1.165, 1.54) is 40.2 Å². The highest BCUT2D eigenvalue weighted by Gasteiger charge is 2.61. The molecule has 12 heteroatoms. The summed E-state index contributed by atoms with van der Waals surface area (Å²) in [5.41, 5.74) is 1.08. The molecule has 0 atom stereocenters. The van der Waals surface area contributed by atoms with Crippen LogP contribution >= 0.6 is 23.5 Å². The van der Waals surface area contributed by atoms with Crippen LogP contribution in [0, 0.1) is 5.41 Å². The zero-order chi connectivity index (χ0) is 35.3. The highest BCUT2D eigenvalue weighted by molar-refractivity contribution is 8.08. The summed E-state index contributed by atoms with van der Waals surface area (Å²) in [5.74, 6) is -2.76. The van der Waals surface area contributed by atoms with Crippen molar-refractivity contribution in [1.82, 2.24) is 9.80 Å². The van der Waals surface area contributed by atoms with Crippen LogP contribution in [0.5, 0.6) is 0 Å². The molecule has 5 rings (SSSR count). The van der Waals surface area contributed by atoms with Gasteiger partial charge in [0.1, 0.15) is 15.5 Å². The Kier molecular flexibility index (Phi) is 11.2. The molecule has 10 nitrogen and oxygen atoms in total. The summed E-state index contributed by atoms with van der Waals surface area (Å²) in [5, 5.41) is 0. The molecule has 1 aliphatic carbocycles. The summed E-state index contributed by atoms with van der Waals surface area (Å²) in [7, 11) is 5.08. The van der Waals surface area contributed by atoms with E-state index in [1.54, 1.807) is 0 Å². The van der Waals surface area contributed by atoms with Gasteiger partial charge in [-0.1, -0.05) is 104 Å². The van der Waals surface area contributed by atoms with Crippen molar-refractivity contribution in [3.63, 3.8) is 0 Å².